The number of ether oxygens (including phenoxy) is 1. The fraction of sp³-hybridized carbons (Fsp3) is 0.435. The molecular weight excluding hydrogens is 414 g/mol. The molecule has 2 N–H and O–H groups in total. The first kappa shape index (κ1) is 23.3. The van der Waals surface area contributed by atoms with Crippen LogP contribution in [-0.2, 0) is 14.3 Å². The van der Waals surface area contributed by atoms with Gasteiger partial charge < -0.3 is 29.0 Å². The number of aromatic nitrogens is 1. The number of hydrogen-bond donors (Lipinski definition) is 2. The monoisotopic (exact) mass is 443 g/mol. The lowest BCUT2D eigenvalue weighted by Crippen LogP contribution is -2.37. The number of nitrogens with one attached hydrogen (secondary N) is 1. The number of H-pyrrole nitrogens is 1. The van der Waals surface area contributed by atoms with E-state index in [1.807, 2.05) is 13.8 Å². The number of amides is 1. The molecule has 2 aromatic heterocycles. The minimum absolute atomic E-state index is 0.0638. The molecule has 32 heavy (non-hydrogen) atoms. The van der Waals surface area contributed by atoms with Gasteiger partial charge in [0.1, 0.15) is 23.3 Å². The molecule has 172 valence electrons. The zero-order valence-electron chi connectivity index (χ0n) is 19.0. The van der Waals surface area contributed by atoms with Gasteiger partial charge in [0.05, 0.1) is 18.9 Å². The van der Waals surface area contributed by atoms with Gasteiger partial charge in [0.2, 0.25) is 0 Å². The Balaban J connectivity index is 2.12. The molecule has 1 aliphatic rings. The third kappa shape index (κ3) is 3.95. The highest BCUT2D eigenvalue weighted by Gasteiger charge is 2.47. The summed E-state index contributed by atoms with van der Waals surface area (Å²) in [6.45, 7) is 9.86. The Labute approximate surface area is 186 Å². The molecule has 9 nitrogen and oxygen atoms in total. The Morgan fingerprint density at radius 3 is 2.53 bits per heavy atom. The van der Waals surface area contributed by atoms with Gasteiger partial charge in [-0.1, -0.05) is 13.8 Å². The summed E-state index contributed by atoms with van der Waals surface area (Å²) in [7, 11) is 1.26. The molecule has 0 aromatic carbocycles. The predicted octanol–water partition coefficient (Wildman–Crippen LogP) is 2.77. The van der Waals surface area contributed by atoms with E-state index in [2.05, 4.69) is 9.88 Å². The maximum absolute atomic E-state index is 13.1. The number of carbonyl (C=O) groups is 3. The summed E-state index contributed by atoms with van der Waals surface area (Å²) in [5.41, 5.74) is 1.32. The lowest BCUT2D eigenvalue weighted by molar-refractivity contribution is -0.140. The fourth-order valence-corrected chi connectivity index (χ4v) is 4.19. The van der Waals surface area contributed by atoms with Crippen LogP contribution in [0.15, 0.2) is 28.4 Å². The quantitative estimate of drug-likeness (QED) is 0.279. The van der Waals surface area contributed by atoms with Crippen molar-refractivity contribution < 1.29 is 28.6 Å². The van der Waals surface area contributed by atoms with Crippen LogP contribution in [0.25, 0.3) is 5.76 Å². The number of Topliss-reactive ketones (excluding diaryl/α,β-unsaturated/α-hetero) is 1. The number of ketones is 1. The molecule has 0 bridgehead atoms. The van der Waals surface area contributed by atoms with Crippen molar-refractivity contribution in [2.24, 2.45) is 0 Å². The summed E-state index contributed by atoms with van der Waals surface area (Å²) in [6, 6.07) is 2.48. The molecule has 2 aromatic rings. The van der Waals surface area contributed by atoms with Crippen molar-refractivity contribution in [3.05, 3.63) is 52.2 Å². The number of furan rings is 1. The van der Waals surface area contributed by atoms with Crippen molar-refractivity contribution in [1.29, 1.82) is 0 Å². The Hall–Kier alpha value is -3.33. The Bertz CT molecular complexity index is 1050. The first-order chi connectivity index (χ1) is 15.3. The van der Waals surface area contributed by atoms with Crippen LogP contribution < -0.4 is 0 Å². The molecular formula is C23H29N3O6. The van der Waals surface area contributed by atoms with Crippen molar-refractivity contribution in [3.63, 3.8) is 0 Å². The first-order valence-electron chi connectivity index (χ1n) is 10.6. The maximum atomic E-state index is 13.1. The van der Waals surface area contributed by atoms with Crippen LogP contribution in [-0.4, -0.2) is 70.8 Å². The second-order valence-corrected chi connectivity index (χ2v) is 7.65. The zero-order chi connectivity index (χ0) is 23.6. The number of carbonyl (C=O) groups excluding carboxylic acids is 3. The fourth-order valence-electron chi connectivity index (χ4n) is 4.19. The summed E-state index contributed by atoms with van der Waals surface area (Å²) >= 11 is 0. The van der Waals surface area contributed by atoms with Crippen LogP contribution in [0.1, 0.15) is 53.0 Å². The number of esters is 1. The predicted molar refractivity (Wildman–Crippen MR) is 117 cm³/mol. The average Bonchev–Trinajstić information content (AvgIpc) is 3.47. The highest BCUT2D eigenvalue weighted by atomic mass is 16.5. The number of nitrogens with zero attached hydrogens (tertiary/aromatic N) is 2. The number of likely N-dealkylation sites (tertiary alicyclic amines) is 1. The van der Waals surface area contributed by atoms with E-state index in [4.69, 9.17) is 9.15 Å². The molecule has 0 unspecified atom stereocenters. The summed E-state index contributed by atoms with van der Waals surface area (Å²) in [6.07, 6.45) is 1.46. The van der Waals surface area contributed by atoms with E-state index < -0.39 is 23.7 Å². The van der Waals surface area contributed by atoms with Gasteiger partial charge in [0.25, 0.3) is 11.7 Å². The number of aliphatic hydroxyl groups excluding tert-OH is 1. The lowest BCUT2D eigenvalue weighted by Gasteiger charge is -2.26. The van der Waals surface area contributed by atoms with Crippen molar-refractivity contribution >= 4 is 23.4 Å². The van der Waals surface area contributed by atoms with Crippen LogP contribution in [0.5, 0.6) is 0 Å². The molecule has 1 aliphatic heterocycles. The van der Waals surface area contributed by atoms with E-state index in [1.165, 1.54) is 18.3 Å². The van der Waals surface area contributed by atoms with Crippen LogP contribution >= 0.6 is 0 Å². The van der Waals surface area contributed by atoms with Gasteiger partial charge in [-0.3, -0.25) is 9.59 Å². The molecule has 1 saturated heterocycles. The first-order valence-corrected chi connectivity index (χ1v) is 10.6. The van der Waals surface area contributed by atoms with Gasteiger partial charge >= 0.3 is 5.97 Å². The van der Waals surface area contributed by atoms with Crippen LogP contribution in [0, 0.1) is 13.8 Å². The molecule has 3 heterocycles. The maximum Gasteiger partial charge on any atom is 0.354 e. The molecule has 0 saturated carbocycles. The van der Waals surface area contributed by atoms with Crippen molar-refractivity contribution in [2.45, 2.75) is 33.7 Å². The Kier molecular flexibility index (Phi) is 6.88. The Morgan fingerprint density at radius 1 is 1.28 bits per heavy atom. The third-order valence-electron chi connectivity index (χ3n) is 5.97. The van der Waals surface area contributed by atoms with E-state index in [0.717, 1.165) is 13.1 Å². The molecule has 0 radical (unpaired) electrons. The van der Waals surface area contributed by atoms with E-state index in [0.29, 0.717) is 35.7 Å². The SMILES string of the molecule is CCN(CC)CCN1C(=O)C(=O)/C(=C(/O)c2c(C)[nH]c(C(=O)OC)c2C)[C@H]1c1ccco1. The van der Waals surface area contributed by atoms with E-state index in [-0.39, 0.29) is 17.0 Å². The number of methoxy groups -OCH3 is 1. The highest BCUT2D eigenvalue weighted by molar-refractivity contribution is 6.46. The topological polar surface area (TPSA) is 116 Å². The van der Waals surface area contributed by atoms with Gasteiger partial charge in [-0.05, 0) is 44.6 Å². The van der Waals surface area contributed by atoms with Gasteiger partial charge in [-0.2, -0.15) is 0 Å². The third-order valence-corrected chi connectivity index (χ3v) is 5.97. The molecule has 1 fully saturated rings. The van der Waals surface area contributed by atoms with Crippen LogP contribution in [0.4, 0.5) is 0 Å². The van der Waals surface area contributed by atoms with E-state index in [9.17, 15) is 19.5 Å². The second-order valence-electron chi connectivity index (χ2n) is 7.65. The largest absolute Gasteiger partial charge is 0.507 e. The smallest absolute Gasteiger partial charge is 0.354 e. The molecule has 0 spiro atoms. The number of aliphatic hydroxyl groups is 1. The highest BCUT2D eigenvalue weighted by Crippen LogP contribution is 2.40. The number of rotatable bonds is 8. The Morgan fingerprint density at radius 2 is 1.97 bits per heavy atom. The molecule has 0 aliphatic carbocycles. The van der Waals surface area contributed by atoms with Gasteiger partial charge in [-0.15, -0.1) is 0 Å². The van der Waals surface area contributed by atoms with Crippen LogP contribution in [0.2, 0.25) is 0 Å². The molecule has 1 amide bonds. The zero-order valence-corrected chi connectivity index (χ0v) is 19.0. The molecule has 9 heteroatoms. The minimum Gasteiger partial charge on any atom is -0.507 e. The van der Waals surface area contributed by atoms with Crippen LogP contribution in [0.3, 0.4) is 0 Å². The molecule has 3 rings (SSSR count). The number of aryl methyl sites for hydroxylation is 1. The number of likely N-dealkylation sites (N-methyl/N-ethyl adjacent to an activating group) is 1. The van der Waals surface area contributed by atoms with E-state index in [1.54, 1.807) is 26.0 Å². The summed E-state index contributed by atoms with van der Waals surface area (Å²) in [4.78, 5) is 44.6. The lowest BCUT2D eigenvalue weighted by atomic mass is 9.97. The van der Waals surface area contributed by atoms with Gasteiger partial charge in [-0.25, -0.2) is 4.79 Å². The van der Waals surface area contributed by atoms with E-state index >= 15 is 0 Å². The van der Waals surface area contributed by atoms with Crippen molar-refractivity contribution in [2.75, 3.05) is 33.3 Å². The average molecular weight is 444 g/mol. The van der Waals surface area contributed by atoms with Gasteiger partial charge in [0, 0.05) is 24.3 Å². The van der Waals surface area contributed by atoms with Crippen molar-refractivity contribution in [3.8, 4) is 0 Å². The minimum atomic E-state index is -0.865. The van der Waals surface area contributed by atoms with Crippen molar-refractivity contribution in [1.82, 2.24) is 14.8 Å². The van der Waals surface area contributed by atoms with Gasteiger partial charge in [0.15, 0.2) is 0 Å². The number of aromatic amines is 1. The number of hydrogen-bond acceptors (Lipinski definition) is 7. The molecule has 1 atom stereocenters. The summed E-state index contributed by atoms with van der Waals surface area (Å²) in [5, 5.41) is 11.3. The summed E-state index contributed by atoms with van der Waals surface area (Å²) < 4.78 is 10.3. The standard InChI is InChI=1S/C23H29N3O6/c1-6-25(7-2)10-11-26-19(15-9-8-12-32-15)17(21(28)22(26)29)20(27)16-13(3)18(23(30)31-5)24-14(16)4/h8-9,12,19,24,27H,6-7,10-11H2,1-5H3/b20-17+/t19-/m1/s1. The second kappa shape index (κ2) is 9.44. The normalized spacial score (nSPS) is 18.1. The summed E-state index contributed by atoms with van der Waals surface area (Å²) in [5.74, 6) is -2.05.